The highest BCUT2D eigenvalue weighted by atomic mass is 32.2. The number of ether oxygens (including phenoxy) is 4. The van der Waals surface area contributed by atoms with E-state index in [1.807, 2.05) is 45.0 Å². The summed E-state index contributed by atoms with van der Waals surface area (Å²) < 4.78 is 23.7. The smallest absolute Gasteiger partial charge is 0.230 e. The van der Waals surface area contributed by atoms with Crippen molar-refractivity contribution in [1.82, 2.24) is 5.32 Å². The van der Waals surface area contributed by atoms with Crippen molar-refractivity contribution < 1.29 is 33.3 Å². The van der Waals surface area contributed by atoms with E-state index in [9.17, 15) is 14.4 Å². The Balaban J connectivity index is 1.24. The molecule has 42 heavy (non-hydrogen) atoms. The highest BCUT2D eigenvalue weighted by Crippen LogP contribution is 2.59. The minimum absolute atomic E-state index is 0.0300. The standard InChI is InChI=1S/C33H47NO7S/c1-21(2)8-13-27-32(6,41-27)30-29(38-7)25(14-15-33(30)20-40-33)34-28(37)19-42-24-11-9-22(10-12-24)16-23(35)17-39-18-26(36)31(3,4)5/h8-12,25,27,29-30H,13-20H2,1-7H3,(H,34,37)/t25-,27-,29-,30-,32+,33+/m1/s1. The molecule has 232 valence electrons. The van der Waals surface area contributed by atoms with Crippen LogP contribution in [0.1, 0.15) is 66.4 Å². The van der Waals surface area contributed by atoms with Crippen LogP contribution in [-0.2, 0) is 39.8 Å². The molecule has 1 aromatic carbocycles. The maximum Gasteiger partial charge on any atom is 0.230 e. The van der Waals surface area contributed by atoms with Gasteiger partial charge >= 0.3 is 0 Å². The first-order valence-corrected chi connectivity index (χ1v) is 15.9. The third-order valence-corrected chi connectivity index (χ3v) is 9.68. The van der Waals surface area contributed by atoms with E-state index >= 15 is 0 Å². The molecule has 1 N–H and O–H groups in total. The van der Waals surface area contributed by atoms with E-state index in [-0.39, 0.29) is 78.2 Å². The van der Waals surface area contributed by atoms with Crippen LogP contribution in [0, 0.1) is 11.3 Å². The first-order valence-electron chi connectivity index (χ1n) is 14.9. The average molecular weight is 602 g/mol. The number of methoxy groups -OCH3 is 1. The third-order valence-electron chi connectivity index (χ3n) is 8.67. The van der Waals surface area contributed by atoms with Crippen molar-refractivity contribution in [2.75, 3.05) is 32.7 Å². The van der Waals surface area contributed by atoms with Gasteiger partial charge in [-0.05, 0) is 57.7 Å². The number of Topliss-reactive ketones (excluding diaryl/α,β-unsaturated/α-hetero) is 2. The zero-order valence-electron chi connectivity index (χ0n) is 26.1. The molecule has 1 aliphatic carbocycles. The second-order valence-electron chi connectivity index (χ2n) is 13.4. The minimum atomic E-state index is -0.481. The predicted octanol–water partition coefficient (Wildman–Crippen LogP) is 4.71. The highest BCUT2D eigenvalue weighted by Gasteiger charge is 2.71. The van der Waals surface area contributed by atoms with Crippen LogP contribution >= 0.6 is 11.8 Å². The van der Waals surface area contributed by atoms with Gasteiger partial charge in [0.1, 0.15) is 18.8 Å². The van der Waals surface area contributed by atoms with Crippen molar-refractivity contribution in [3.8, 4) is 0 Å². The van der Waals surface area contributed by atoms with Crippen molar-refractivity contribution in [3.63, 3.8) is 0 Å². The fourth-order valence-corrected chi connectivity index (χ4v) is 6.71. The van der Waals surface area contributed by atoms with E-state index in [1.54, 1.807) is 7.11 Å². The summed E-state index contributed by atoms with van der Waals surface area (Å²) in [6.45, 7) is 12.4. The van der Waals surface area contributed by atoms with Gasteiger partial charge in [-0.25, -0.2) is 0 Å². The fraction of sp³-hybridized carbons (Fsp3) is 0.667. The van der Waals surface area contributed by atoms with Crippen LogP contribution in [0.3, 0.4) is 0 Å². The zero-order valence-corrected chi connectivity index (χ0v) is 26.9. The Morgan fingerprint density at radius 2 is 1.83 bits per heavy atom. The molecule has 0 aromatic heterocycles. The van der Waals surface area contributed by atoms with Gasteiger partial charge in [0.15, 0.2) is 11.6 Å². The molecule has 0 radical (unpaired) electrons. The molecule has 8 nitrogen and oxygen atoms in total. The Bertz CT molecular complexity index is 1170. The number of rotatable bonds is 14. The first-order chi connectivity index (χ1) is 19.8. The quantitative estimate of drug-likeness (QED) is 0.186. The number of benzene rings is 1. The van der Waals surface area contributed by atoms with Crippen LogP contribution in [0.25, 0.3) is 0 Å². The van der Waals surface area contributed by atoms with Gasteiger partial charge in [-0.3, -0.25) is 14.4 Å². The lowest BCUT2D eigenvalue weighted by Crippen LogP contribution is -2.59. The molecule has 3 aliphatic rings. The number of ketones is 2. The van der Waals surface area contributed by atoms with E-state index in [4.69, 9.17) is 18.9 Å². The molecule has 3 fully saturated rings. The molecule has 2 saturated heterocycles. The predicted molar refractivity (Wildman–Crippen MR) is 163 cm³/mol. The van der Waals surface area contributed by atoms with Crippen molar-refractivity contribution in [2.45, 2.75) is 102 Å². The van der Waals surface area contributed by atoms with Gasteiger partial charge in [0, 0.05) is 29.8 Å². The molecule has 1 amide bonds. The van der Waals surface area contributed by atoms with Gasteiger partial charge in [0.05, 0.1) is 36.2 Å². The topological polar surface area (TPSA) is 107 Å². The van der Waals surface area contributed by atoms with E-state index < -0.39 is 5.41 Å². The number of epoxide rings is 2. The SMILES string of the molecule is CO[C@@H]1[C@H](NC(=O)CSc2ccc(CC(=O)COCC(=O)C(C)(C)C)cc2)CC[C@]2(CO2)[C@H]1[C@@]1(C)O[C@@H]1CC=C(C)C. The lowest BCUT2D eigenvalue weighted by Gasteiger charge is -2.43. The summed E-state index contributed by atoms with van der Waals surface area (Å²) in [5, 5.41) is 3.23. The number of nitrogens with one attached hydrogen (secondary N) is 1. The summed E-state index contributed by atoms with van der Waals surface area (Å²) in [6, 6.07) is 7.52. The van der Waals surface area contributed by atoms with Crippen LogP contribution in [0.5, 0.6) is 0 Å². The minimum Gasteiger partial charge on any atom is -0.379 e. The van der Waals surface area contributed by atoms with Gasteiger partial charge < -0.3 is 24.3 Å². The summed E-state index contributed by atoms with van der Waals surface area (Å²) in [5.41, 5.74) is 1.11. The Morgan fingerprint density at radius 3 is 2.43 bits per heavy atom. The van der Waals surface area contributed by atoms with Crippen molar-refractivity contribution >= 4 is 29.2 Å². The normalized spacial score (nSPS) is 30.1. The molecule has 0 unspecified atom stereocenters. The first kappa shape index (κ1) is 32.9. The summed E-state index contributed by atoms with van der Waals surface area (Å²) >= 11 is 1.46. The van der Waals surface area contributed by atoms with Crippen molar-refractivity contribution in [1.29, 1.82) is 0 Å². The molecule has 0 bridgehead atoms. The molecule has 4 rings (SSSR count). The number of thioether (sulfide) groups is 1. The van der Waals surface area contributed by atoms with E-state index in [0.717, 1.165) is 29.7 Å². The van der Waals surface area contributed by atoms with Crippen LogP contribution < -0.4 is 5.32 Å². The van der Waals surface area contributed by atoms with E-state index in [0.29, 0.717) is 6.61 Å². The van der Waals surface area contributed by atoms with Gasteiger partial charge in [-0.2, -0.15) is 0 Å². The lowest BCUT2D eigenvalue weighted by molar-refractivity contribution is -0.133. The summed E-state index contributed by atoms with van der Waals surface area (Å²) in [6.07, 6.45) is 4.94. The van der Waals surface area contributed by atoms with Gasteiger partial charge in [0.25, 0.3) is 0 Å². The average Bonchev–Trinajstić information content (AvgIpc) is 3.84. The summed E-state index contributed by atoms with van der Waals surface area (Å²) in [7, 11) is 1.72. The number of amides is 1. The number of hydrogen-bond acceptors (Lipinski definition) is 8. The van der Waals surface area contributed by atoms with Crippen LogP contribution in [-0.4, -0.2) is 79.6 Å². The van der Waals surface area contributed by atoms with Crippen LogP contribution in [0.15, 0.2) is 40.8 Å². The highest BCUT2D eigenvalue weighted by molar-refractivity contribution is 8.00. The lowest BCUT2D eigenvalue weighted by atomic mass is 9.67. The number of hydrogen-bond donors (Lipinski definition) is 1. The number of allylic oxidation sites excluding steroid dienone is 1. The molecule has 1 aromatic rings. The van der Waals surface area contributed by atoms with Crippen LogP contribution in [0.2, 0.25) is 0 Å². The van der Waals surface area contributed by atoms with Crippen LogP contribution in [0.4, 0.5) is 0 Å². The monoisotopic (exact) mass is 601 g/mol. The maximum atomic E-state index is 13.0. The summed E-state index contributed by atoms with van der Waals surface area (Å²) in [4.78, 5) is 38.2. The Labute approximate surface area is 254 Å². The van der Waals surface area contributed by atoms with Gasteiger partial charge in [0.2, 0.25) is 5.91 Å². The third kappa shape index (κ3) is 8.11. The fourth-order valence-electron chi connectivity index (χ4n) is 6.00. The Kier molecular flexibility index (Phi) is 10.4. The second kappa shape index (κ2) is 13.3. The number of carbonyl (C=O) groups is 3. The molecule has 6 atom stereocenters. The van der Waals surface area contributed by atoms with E-state index in [1.165, 1.54) is 17.3 Å². The molecule has 1 spiro atoms. The largest absolute Gasteiger partial charge is 0.379 e. The molecule has 9 heteroatoms. The zero-order chi connectivity index (χ0) is 30.7. The molecular weight excluding hydrogens is 554 g/mol. The number of carbonyl (C=O) groups excluding carboxylic acids is 3. The van der Waals surface area contributed by atoms with Crippen molar-refractivity contribution in [2.24, 2.45) is 11.3 Å². The van der Waals surface area contributed by atoms with Gasteiger partial charge in [-0.1, -0.05) is 44.6 Å². The molecule has 2 aliphatic heterocycles. The van der Waals surface area contributed by atoms with E-state index in [2.05, 4.69) is 32.2 Å². The van der Waals surface area contributed by atoms with Crippen molar-refractivity contribution in [3.05, 3.63) is 41.5 Å². The molecule has 1 saturated carbocycles. The molecular formula is C33H47NO7S. The second-order valence-corrected chi connectivity index (χ2v) is 14.4. The Hall–Kier alpha value is -2.04. The summed E-state index contributed by atoms with van der Waals surface area (Å²) in [5.74, 6) is 0.184. The maximum absolute atomic E-state index is 13.0. The Morgan fingerprint density at radius 1 is 1.14 bits per heavy atom. The van der Waals surface area contributed by atoms with Gasteiger partial charge in [-0.15, -0.1) is 11.8 Å². The molecule has 2 heterocycles.